The van der Waals surface area contributed by atoms with Crippen LogP contribution in [-0.2, 0) is 14.3 Å². The number of methoxy groups -OCH3 is 1. The van der Waals surface area contributed by atoms with Crippen LogP contribution in [0.3, 0.4) is 0 Å². The zero-order valence-electron chi connectivity index (χ0n) is 11.5. The van der Waals surface area contributed by atoms with Gasteiger partial charge in [0.25, 0.3) is 0 Å². The number of piperazine rings is 1. The third-order valence-electron chi connectivity index (χ3n) is 3.49. The van der Waals surface area contributed by atoms with Gasteiger partial charge in [-0.15, -0.1) is 0 Å². The Bertz CT molecular complexity index is 371. The number of carboxylic acid groups (broad SMARTS) is 1. The molecule has 1 heterocycles. The van der Waals surface area contributed by atoms with E-state index >= 15 is 0 Å². The number of carbonyl (C=O) groups excluding carboxylic acids is 2. The van der Waals surface area contributed by atoms with Gasteiger partial charge in [-0.3, -0.25) is 9.69 Å². The van der Waals surface area contributed by atoms with E-state index in [4.69, 9.17) is 9.84 Å². The fraction of sp³-hybridized carbons (Fsp3) is 0.750. The number of esters is 1. The predicted octanol–water partition coefficient (Wildman–Crippen LogP) is 0.396. The van der Waals surface area contributed by atoms with Crippen molar-refractivity contribution in [1.82, 2.24) is 9.80 Å². The third kappa shape index (κ3) is 3.36. The Hall–Kier alpha value is -1.79. The van der Waals surface area contributed by atoms with Crippen molar-refractivity contribution in [3.63, 3.8) is 0 Å². The molecule has 1 aliphatic rings. The molecule has 0 saturated carbocycles. The number of amides is 2. The van der Waals surface area contributed by atoms with Crippen molar-refractivity contribution < 1.29 is 24.2 Å². The standard InChI is InChI=1S/C12H20N2O5/c1-4-8(2)10(11(16)19-3)14-6-5-13(12(17)18)7-9(14)15/h8,10H,4-7H2,1-3H3,(H,17,18). The molecule has 0 aliphatic carbocycles. The smallest absolute Gasteiger partial charge is 0.407 e. The number of hydrogen-bond acceptors (Lipinski definition) is 4. The minimum atomic E-state index is -1.12. The lowest BCUT2D eigenvalue weighted by Gasteiger charge is -2.38. The average Bonchev–Trinajstić information content (AvgIpc) is 2.39. The van der Waals surface area contributed by atoms with Crippen molar-refractivity contribution in [2.45, 2.75) is 26.3 Å². The van der Waals surface area contributed by atoms with Crippen molar-refractivity contribution >= 4 is 18.0 Å². The molecule has 1 fully saturated rings. The summed E-state index contributed by atoms with van der Waals surface area (Å²) in [4.78, 5) is 37.1. The first-order chi connectivity index (χ1) is 8.92. The molecule has 1 saturated heterocycles. The molecule has 1 rings (SSSR count). The lowest BCUT2D eigenvalue weighted by molar-refractivity contribution is -0.157. The molecule has 0 aromatic carbocycles. The summed E-state index contributed by atoms with van der Waals surface area (Å²) in [5.41, 5.74) is 0. The van der Waals surface area contributed by atoms with Gasteiger partial charge in [-0.25, -0.2) is 9.59 Å². The first-order valence-corrected chi connectivity index (χ1v) is 6.27. The largest absolute Gasteiger partial charge is 0.467 e. The number of nitrogens with zero attached hydrogens (tertiary/aromatic N) is 2. The number of rotatable bonds is 4. The highest BCUT2D eigenvalue weighted by Gasteiger charge is 2.38. The first kappa shape index (κ1) is 15.3. The van der Waals surface area contributed by atoms with Gasteiger partial charge in [0.05, 0.1) is 7.11 Å². The maximum absolute atomic E-state index is 12.0. The van der Waals surface area contributed by atoms with Gasteiger partial charge in [-0.05, 0) is 5.92 Å². The molecule has 0 aromatic heterocycles. The van der Waals surface area contributed by atoms with Gasteiger partial charge in [0.15, 0.2) is 0 Å². The Morgan fingerprint density at radius 2 is 2.05 bits per heavy atom. The van der Waals surface area contributed by atoms with E-state index in [9.17, 15) is 14.4 Å². The third-order valence-corrected chi connectivity index (χ3v) is 3.49. The Labute approximate surface area is 112 Å². The van der Waals surface area contributed by atoms with Crippen LogP contribution < -0.4 is 0 Å². The molecule has 2 unspecified atom stereocenters. The van der Waals surface area contributed by atoms with Crippen molar-refractivity contribution in [3.8, 4) is 0 Å². The van der Waals surface area contributed by atoms with E-state index in [2.05, 4.69) is 0 Å². The van der Waals surface area contributed by atoms with E-state index in [1.807, 2.05) is 13.8 Å². The summed E-state index contributed by atoms with van der Waals surface area (Å²) in [6, 6.07) is -0.640. The summed E-state index contributed by atoms with van der Waals surface area (Å²) in [7, 11) is 1.29. The molecule has 19 heavy (non-hydrogen) atoms. The predicted molar refractivity (Wildman–Crippen MR) is 66.6 cm³/mol. The van der Waals surface area contributed by atoms with Gasteiger partial charge in [-0.2, -0.15) is 0 Å². The topological polar surface area (TPSA) is 87.2 Å². The van der Waals surface area contributed by atoms with Gasteiger partial charge < -0.3 is 14.7 Å². The Balaban J connectivity index is 2.84. The summed E-state index contributed by atoms with van der Waals surface area (Å²) < 4.78 is 4.75. The molecule has 0 radical (unpaired) electrons. The second-order valence-electron chi connectivity index (χ2n) is 4.64. The van der Waals surface area contributed by atoms with Crippen LogP contribution in [0, 0.1) is 5.92 Å². The van der Waals surface area contributed by atoms with Gasteiger partial charge in [0.1, 0.15) is 12.6 Å². The summed E-state index contributed by atoms with van der Waals surface area (Å²) in [5, 5.41) is 8.86. The van der Waals surface area contributed by atoms with E-state index < -0.39 is 18.1 Å². The van der Waals surface area contributed by atoms with E-state index in [-0.39, 0.29) is 31.5 Å². The number of carbonyl (C=O) groups is 3. The Morgan fingerprint density at radius 3 is 2.47 bits per heavy atom. The SMILES string of the molecule is CCC(C)C(C(=O)OC)N1CCN(C(=O)O)CC1=O. The molecule has 1 N–H and O–H groups in total. The van der Waals surface area contributed by atoms with Crippen LogP contribution >= 0.6 is 0 Å². The minimum Gasteiger partial charge on any atom is -0.467 e. The van der Waals surface area contributed by atoms with E-state index in [1.54, 1.807) is 0 Å². The maximum atomic E-state index is 12.0. The molecule has 7 heteroatoms. The van der Waals surface area contributed by atoms with Crippen LogP contribution in [0.1, 0.15) is 20.3 Å². The van der Waals surface area contributed by atoms with Crippen LogP contribution in [0.4, 0.5) is 4.79 Å². The maximum Gasteiger partial charge on any atom is 0.407 e. The van der Waals surface area contributed by atoms with Gasteiger partial charge in [-0.1, -0.05) is 20.3 Å². The lowest BCUT2D eigenvalue weighted by Crippen LogP contribution is -2.58. The highest BCUT2D eigenvalue weighted by atomic mass is 16.5. The summed E-state index contributed by atoms with van der Waals surface area (Å²) in [6.07, 6.45) is -0.391. The summed E-state index contributed by atoms with van der Waals surface area (Å²) >= 11 is 0. The van der Waals surface area contributed by atoms with Gasteiger partial charge >= 0.3 is 12.1 Å². The minimum absolute atomic E-state index is 0.0345. The van der Waals surface area contributed by atoms with Crippen molar-refractivity contribution in [1.29, 1.82) is 0 Å². The quantitative estimate of drug-likeness (QED) is 0.748. The zero-order valence-corrected chi connectivity index (χ0v) is 11.5. The zero-order chi connectivity index (χ0) is 14.6. The molecule has 7 nitrogen and oxygen atoms in total. The molecule has 0 spiro atoms. The Kier molecular flexibility index (Phi) is 5.14. The molecule has 0 bridgehead atoms. The van der Waals surface area contributed by atoms with E-state index in [1.165, 1.54) is 12.0 Å². The second kappa shape index (κ2) is 6.40. The summed E-state index contributed by atoms with van der Waals surface area (Å²) in [6.45, 7) is 4.02. The number of hydrogen-bond donors (Lipinski definition) is 1. The monoisotopic (exact) mass is 272 g/mol. The molecular weight excluding hydrogens is 252 g/mol. The molecule has 108 valence electrons. The van der Waals surface area contributed by atoms with Crippen LogP contribution in [0.15, 0.2) is 0 Å². The van der Waals surface area contributed by atoms with Crippen LogP contribution in [0.2, 0.25) is 0 Å². The second-order valence-corrected chi connectivity index (χ2v) is 4.64. The van der Waals surface area contributed by atoms with E-state index in [0.717, 1.165) is 11.3 Å². The van der Waals surface area contributed by atoms with Crippen molar-refractivity contribution in [2.24, 2.45) is 5.92 Å². The average molecular weight is 272 g/mol. The number of ether oxygens (including phenoxy) is 1. The fourth-order valence-electron chi connectivity index (χ4n) is 2.15. The van der Waals surface area contributed by atoms with Crippen molar-refractivity contribution in [2.75, 3.05) is 26.7 Å². The highest BCUT2D eigenvalue weighted by Crippen LogP contribution is 2.19. The lowest BCUT2D eigenvalue weighted by atomic mass is 9.97. The van der Waals surface area contributed by atoms with Crippen molar-refractivity contribution in [3.05, 3.63) is 0 Å². The van der Waals surface area contributed by atoms with Crippen LogP contribution in [0.25, 0.3) is 0 Å². The molecule has 1 aliphatic heterocycles. The molecule has 2 amide bonds. The van der Waals surface area contributed by atoms with Gasteiger partial charge in [0, 0.05) is 13.1 Å². The molecule has 0 aromatic rings. The summed E-state index contributed by atoms with van der Waals surface area (Å²) in [5.74, 6) is -0.844. The van der Waals surface area contributed by atoms with E-state index in [0.29, 0.717) is 0 Å². The highest BCUT2D eigenvalue weighted by molar-refractivity contribution is 5.88. The molecule has 2 atom stereocenters. The first-order valence-electron chi connectivity index (χ1n) is 6.27. The normalized spacial score (nSPS) is 19.0. The fourth-order valence-corrected chi connectivity index (χ4v) is 2.15. The van der Waals surface area contributed by atoms with Gasteiger partial charge in [0.2, 0.25) is 5.91 Å². The Morgan fingerprint density at radius 1 is 1.42 bits per heavy atom. The van der Waals surface area contributed by atoms with Crippen LogP contribution in [-0.4, -0.2) is 65.7 Å². The molecular formula is C12H20N2O5. The van der Waals surface area contributed by atoms with Crippen LogP contribution in [0.5, 0.6) is 0 Å².